The van der Waals surface area contributed by atoms with Gasteiger partial charge in [0, 0.05) is 16.6 Å². The first-order valence-electron chi connectivity index (χ1n) is 9.30. The Bertz CT molecular complexity index is 811. The smallest absolute Gasteiger partial charge is 0.233 e. The summed E-state index contributed by atoms with van der Waals surface area (Å²) in [5.74, 6) is 7.81. The molecule has 1 aliphatic rings. The molecule has 0 unspecified atom stereocenters. The molecule has 3 rings (SSSR count). The second kappa shape index (κ2) is 8.52. The van der Waals surface area contributed by atoms with Gasteiger partial charge in [-0.15, -0.1) is 10.2 Å². The van der Waals surface area contributed by atoms with E-state index < -0.39 is 0 Å². The highest BCUT2D eigenvalue weighted by Gasteiger charge is 2.30. The molecule has 1 fully saturated rings. The Morgan fingerprint density at radius 3 is 2.89 bits per heavy atom. The summed E-state index contributed by atoms with van der Waals surface area (Å²) >= 11 is 7.35. The third kappa shape index (κ3) is 4.58. The van der Waals surface area contributed by atoms with E-state index in [1.807, 2.05) is 19.1 Å². The van der Waals surface area contributed by atoms with Crippen LogP contribution in [-0.4, -0.2) is 32.1 Å². The molecular formula is C19H26ClN5OS. The molecule has 0 spiro atoms. The minimum absolute atomic E-state index is 0.0123. The van der Waals surface area contributed by atoms with Gasteiger partial charge in [0.2, 0.25) is 11.1 Å². The van der Waals surface area contributed by atoms with Gasteiger partial charge in [-0.05, 0) is 37.3 Å². The van der Waals surface area contributed by atoms with Crippen molar-refractivity contribution >= 4 is 29.3 Å². The van der Waals surface area contributed by atoms with Crippen LogP contribution in [0.3, 0.4) is 0 Å². The fourth-order valence-corrected chi connectivity index (χ4v) is 4.45. The first-order valence-corrected chi connectivity index (χ1v) is 10.6. The molecule has 8 heteroatoms. The van der Waals surface area contributed by atoms with Crippen molar-refractivity contribution in [3.63, 3.8) is 0 Å². The van der Waals surface area contributed by atoms with Crippen LogP contribution in [0.1, 0.15) is 40.0 Å². The van der Waals surface area contributed by atoms with Crippen molar-refractivity contribution in [2.24, 2.45) is 11.8 Å². The zero-order valence-electron chi connectivity index (χ0n) is 15.9. The molecule has 146 valence electrons. The number of nitrogens with two attached hydrogens (primary N) is 1. The van der Waals surface area contributed by atoms with Crippen LogP contribution in [0.2, 0.25) is 5.02 Å². The molecule has 0 aliphatic heterocycles. The number of carbonyl (C=O) groups is 1. The van der Waals surface area contributed by atoms with Crippen molar-refractivity contribution in [2.75, 3.05) is 5.84 Å². The molecule has 1 heterocycles. The first-order chi connectivity index (χ1) is 12.9. The van der Waals surface area contributed by atoms with Crippen molar-refractivity contribution in [1.82, 2.24) is 20.2 Å². The number of amides is 1. The molecule has 0 radical (unpaired) electrons. The average molecular weight is 408 g/mol. The van der Waals surface area contributed by atoms with E-state index in [0.29, 0.717) is 27.8 Å². The number of nitrogens with one attached hydrogen (secondary N) is 1. The molecule has 1 aliphatic carbocycles. The predicted molar refractivity (Wildman–Crippen MR) is 110 cm³/mol. The van der Waals surface area contributed by atoms with Crippen LogP contribution in [0.5, 0.6) is 0 Å². The predicted octanol–water partition coefficient (Wildman–Crippen LogP) is 3.73. The second-order valence-electron chi connectivity index (χ2n) is 7.33. The summed E-state index contributed by atoms with van der Waals surface area (Å²) in [5.41, 5.74) is 0.784. The fourth-order valence-electron chi connectivity index (χ4n) is 3.48. The maximum absolute atomic E-state index is 12.7. The standard InChI is InChI=1S/C19H26ClN5OS/c1-11-6-4-9-16(12(11)2)22-18(26)13(3)27-19-24-23-17(25(19)21)14-7-5-8-15(20)10-14/h5,7-8,10-13,16H,4,6,9,21H2,1-3H3,(H,22,26)/t11-,12-,13-,16-/m1/s1. The topological polar surface area (TPSA) is 85.8 Å². The third-order valence-corrected chi connectivity index (χ3v) is 6.73. The van der Waals surface area contributed by atoms with E-state index >= 15 is 0 Å². The largest absolute Gasteiger partial charge is 0.352 e. The fraction of sp³-hybridized carbons (Fsp3) is 0.526. The third-order valence-electron chi connectivity index (χ3n) is 5.43. The number of hydrogen-bond donors (Lipinski definition) is 2. The number of aromatic nitrogens is 3. The van der Waals surface area contributed by atoms with E-state index in [4.69, 9.17) is 17.4 Å². The number of benzene rings is 1. The summed E-state index contributed by atoms with van der Waals surface area (Å²) in [4.78, 5) is 12.7. The Balaban J connectivity index is 1.65. The van der Waals surface area contributed by atoms with Crippen LogP contribution in [-0.2, 0) is 4.79 Å². The molecule has 27 heavy (non-hydrogen) atoms. The Hall–Kier alpha value is -1.73. The maximum atomic E-state index is 12.7. The van der Waals surface area contributed by atoms with E-state index in [0.717, 1.165) is 18.4 Å². The van der Waals surface area contributed by atoms with Gasteiger partial charge in [0.05, 0.1) is 5.25 Å². The van der Waals surface area contributed by atoms with Gasteiger partial charge in [0.15, 0.2) is 5.82 Å². The van der Waals surface area contributed by atoms with Crippen LogP contribution < -0.4 is 11.2 Å². The lowest BCUT2D eigenvalue weighted by atomic mass is 9.78. The van der Waals surface area contributed by atoms with Crippen molar-refractivity contribution in [2.45, 2.75) is 56.5 Å². The highest BCUT2D eigenvalue weighted by Crippen LogP contribution is 2.30. The first kappa shape index (κ1) is 20.0. The number of nitrogens with zero attached hydrogens (tertiary/aromatic N) is 3. The molecule has 6 nitrogen and oxygen atoms in total. The van der Waals surface area contributed by atoms with Crippen LogP contribution >= 0.6 is 23.4 Å². The Labute approximate surface area is 169 Å². The van der Waals surface area contributed by atoms with E-state index in [1.165, 1.54) is 22.9 Å². The number of halogens is 1. The van der Waals surface area contributed by atoms with Crippen LogP contribution in [0.25, 0.3) is 11.4 Å². The van der Waals surface area contributed by atoms with Gasteiger partial charge >= 0.3 is 0 Å². The lowest BCUT2D eigenvalue weighted by Crippen LogP contribution is -2.46. The highest BCUT2D eigenvalue weighted by atomic mass is 35.5. The Kier molecular flexibility index (Phi) is 6.32. The zero-order chi connectivity index (χ0) is 19.6. The van der Waals surface area contributed by atoms with Gasteiger partial charge < -0.3 is 11.2 Å². The molecule has 1 aromatic heterocycles. The molecule has 0 bridgehead atoms. The van der Waals surface area contributed by atoms with Crippen LogP contribution in [0.15, 0.2) is 29.4 Å². The average Bonchev–Trinajstić information content (AvgIpc) is 2.99. The minimum atomic E-state index is -0.312. The lowest BCUT2D eigenvalue weighted by molar-refractivity contribution is -0.121. The van der Waals surface area contributed by atoms with Gasteiger partial charge in [-0.1, -0.05) is 62.2 Å². The number of thioether (sulfide) groups is 1. The summed E-state index contributed by atoms with van der Waals surface area (Å²) in [7, 11) is 0. The van der Waals surface area contributed by atoms with E-state index in [1.54, 1.807) is 12.1 Å². The van der Waals surface area contributed by atoms with Gasteiger partial charge in [-0.3, -0.25) is 4.79 Å². The summed E-state index contributed by atoms with van der Waals surface area (Å²) < 4.78 is 1.41. The SMILES string of the molecule is C[C@@H]1[C@H](C)CCC[C@H]1NC(=O)[C@@H](C)Sc1nnc(-c2cccc(Cl)c2)n1N. The summed E-state index contributed by atoms with van der Waals surface area (Å²) in [6, 6.07) is 7.52. The van der Waals surface area contributed by atoms with E-state index in [9.17, 15) is 4.79 Å². The van der Waals surface area contributed by atoms with Crippen molar-refractivity contribution in [3.05, 3.63) is 29.3 Å². The number of rotatable bonds is 5. The van der Waals surface area contributed by atoms with Crippen molar-refractivity contribution < 1.29 is 4.79 Å². The summed E-state index contributed by atoms with van der Waals surface area (Å²) in [6.45, 7) is 6.35. The zero-order valence-corrected chi connectivity index (χ0v) is 17.4. The molecule has 1 aromatic carbocycles. The second-order valence-corrected chi connectivity index (χ2v) is 9.07. The molecule has 3 N–H and O–H groups in total. The highest BCUT2D eigenvalue weighted by molar-refractivity contribution is 8.00. The quantitative estimate of drug-likeness (QED) is 0.582. The summed E-state index contributed by atoms with van der Waals surface area (Å²) in [5, 5.41) is 12.3. The van der Waals surface area contributed by atoms with Crippen LogP contribution in [0, 0.1) is 11.8 Å². The van der Waals surface area contributed by atoms with Gasteiger partial charge in [-0.25, -0.2) is 4.68 Å². The van der Waals surface area contributed by atoms with Crippen molar-refractivity contribution in [3.8, 4) is 11.4 Å². The monoisotopic (exact) mass is 407 g/mol. The number of nitrogen functional groups attached to an aromatic ring is 1. The number of carbonyl (C=O) groups excluding carboxylic acids is 1. The Morgan fingerprint density at radius 2 is 2.15 bits per heavy atom. The van der Waals surface area contributed by atoms with Crippen molar-refractivity contribution in [1.29, 1.82) is 0 Å². The minimum Gasteiger partial charge on any atom is -0.352 e. The van der Waals surface area contributed by atoms with Gasteiger partial charge in [-0.2, -0.15) is 0 Å². The molecule has 1 amide bonds. The summed E-state index contributed by atoms with van der Waals surface area (Å²) in [6.07, 6.45) is 3.44. The maximum Gasteiger partial charge on any atom is 0.233 e. The molecule has 4 atom stereocenters. The molecule has 0 saturated heterocycles. The molecular weight excluding hydrogens is 382 g/mol. The van der Waals surface area contributed by atoms with Crippen LogP contribution in [0.4, 0.5) is 0 Å². The lowest BCUT2D eigenvalue weighted by Gasteiger charge is -2.35. The number of hydrogen-bond acceptors (Lipinski definition) is 5. The Morgan fingerprint density at radius 1 is 1.37 bits per heavy atom. The normalized spacial score (nSPS) is 23.8. The van der Waals surface area contributed by atoms with E-state index in [2.05, 4.69) is 29.4 Å². The molecule has 1 saturated carbocycles. The van der Waals surface area contributed by atoms with E-state index in [-0.39, 0.29) is 17.2 Å². The van der Waals surface area contributed by atoms with Gasteiger partial charge in [0.25, 0.3) is 0 Å². The van der Waals surface area contributed by atoms with Gasteiger partial charge in [0.1, 0.15) is 0 Å². The molecule has 2 aromatic rings.